The van der Waals surface area contributed by atoms with Crippen LogP contribution < -0.4 is 0 Å². The molecule has 8 nitrogen and oxygen atoms in total. The van der Waals surface area contributed by atoms with E-state index in [4.69, 9.17) is 4.74 Å². The molecule has 0 aromatic carbocycles. The number of nitrogens with zero attached hydrogens (tertiary/aromatic N) is 3. The number of aliphatic imine (C=N–C) groups is 3. The van der Waals surface area contributed by atoms with Gasteiger partial charge < -0.3 is 4.74 Å². The van der Waals surface area contributed by atoms with Crippen molar-refractivity contribution in [3.05, 3.63) is 0 Å². The van der Waals surface area contributed by atoms with Crippen molar-refractivity contribution in [3.63, 3.8) is 0 Å². The highest BCUT2D eigenvalue weighted by atomic mass is 16.5. The molecule has 0 spiro atoms. The zero-order chi connectivity index (χ0) is 15.1. The highest BCUT2D eigenvalue weighted by Gasteiger charge is 2.18. The van der Waals surface area contributed by atoms with Crippen LogP contribution in [0.15, 0.2) is 15.0 Å². The normalized spacial score (nSPS) is 10.4. The topological polar surface area (TPSA) is 115 Å². The second-order valence-corrected chi connectivity index (χ2v) is 3.70. The summed E-state index contributed by atoms with van der Waals surface area (Å²) in [6, 6.07) is -0.901. The van der Waals surface area contributed by atoms with E-state index in [1.165, 1.54) is 18.2 Å². The van der Waals surface area contributed by atoms with Crippen LogP contribution in [0.5, 0.6) is 0 Å². The first-order valence-corrected chi connectivity index (χ1v) is 6.07. The number of rotatable bonds is 11. The molecule has 0 heterocycles. The molecule has 0 radical (unpaired) electrons. The Morgan fingerprint density at radius 3 is 2.20 bits per heavy atom. The maximum absolute atomic E-state index is 11.6. The number of carbonyl (C=O) groups excluding carboxylic acids is 4. The number of isocyanates is 3. The SMILES string of the molecule is O=C=NCCCCC(N=C=O)C(=O)OCCCN=C=O. The van der Waals surface area contributed by atoms with Crippen LogP contribution in [0.25, 0.3) is 0 Å². The minimum Gasteiger partial charge on any atom is -0.464 e. The van der Waals surface area contributed by atoms with Crippen molar-refractivity contribution in [2.45, 2.75) is 31.7 Å². The second-order valence-electron chi connectivity index (χ2n) is 3.70. The molecule has 1 unspecified atom stereocenters. The summed E-state index contributed by atoms with van der Waals surface area (Å²) in [5.74, 6) is -0.623. The molecule has 0 aliphatic heterocycles. The standard InChI is InChI=1S/C12H15N3O5/c16-8-13-5-2-1-4-11(15-10-18)12(19)20-7-3-6-14-9-17/h11H,1-7H2. The van der Waals surface area contributed by atoms with E-state index in [1.807, 2.05) is 0 Å². The maximum atomic E-state index is 11.6. The number of carbonyl (C=O) groups is 1. The van der Waals surface area contributed by atoms with Crippen molar-refractivity contribution in [1.29, 1.82) is 0 Å². The molecule has 0 aromatic heterocycles. The number of esters is 1. The Labute approximate surface area is 115 Å². The lowest BCUT2D eigenvalue weighted by Gasteiger charge is -2.09. The van der Waals surface area contributed by atoms with E-state index in [0.717, 1.165) is 0 Å². The van der Waals surface area contributed by atoms with E-state index in [2.05, 4.69) is 15.0 Å². The molecule has 0 saturated carbocycles. The van der Waals surface area contributed by atoms with Crippen LogP contribution in [0.2, 0.25) is 0 Å². The molecule has 0 aliphatic rings. The summed E-state index contributed by atoms with van der Waals surface area (Å²) in [6.45, 7) is 0.631. The van der Waals surface area contributed by atoms with Crippen LogP contribution in [-0.2, 0) is 23.9 Å². The molecule has 108 valence electrons. The van der Waals surface area contributed by atoms with E-state index in [0.29, 0.717) is 32.2 Å². The molecule has 0 bridgehead atoms. The first-order chi connectivity index (χ1) is 9.76. The number of hydrogen-bond donors (Lipinski definition) is 0. The lowest BCUT2D eigenvalue weighted by atomic mass is 10.1. The first kappa shape index (κ1) is 17.6. The van der Waals surface area contributed by atoms with Crippen molar-refractivity contribution in [3.8, 4) is 0 Å². The van der Waals surface area contributed by atoms with Gasteiger partial charge in [0.2, 0.25) is 18.2 Å². The molecular weight excluding hydrogens is 266 g/mol. The monoisotopic (exact) mass is 281 g/mol. The number of ether oxygens (including phenoxy) is 1. The van der Waals surface area contributed by atoms with Crippen molar-refractivity contribution in [1.82, 2.24) is 0 Å². The smallest absolute Gasteiger partial charge is 0.331 e. The zero-order valence-electron chi connectivity index (χ0n) is 10.9. The molecule has 1 atom stereocenters. The summed E-state index contributed by atoms with van der Waals surface area (Å²) in [5, 5.41) is 0. The average Bonchev–Trinajstić information content (AvgIpc) is 2.45. The Morgan fingerprint density at radius 2 is 1.60 bits per heavy atom. The Kier molecular flexibility index (Phi) is 11.5. The molecular formula is C12H15N3O5. The molecule has 8 heteroatoms. The van der Waals surface area contributed by atoms with E-state index >= 15 is 0 Å². The largest absolute Gasteiger partial charge is 0.464 e. The van der Waals surface area contributed by atoms with Crippen LogP contribution in [0.1, 0.15) is 25.7 Å². The minimum atomic E-state index is -0.901. The Bertz CT molecular complexity index is 432. The van der Waals surface area contributed by atoms with Gasteiger partial charge in [-0.15, -0.1) is 0 Å². The first-order valence-electron chi connectivity index (χ1n) is 6.07. The summed E-state index contributed by atoms with van der Waals surface area (Å²) in [7, 11) is 0. The molecule has 0 saturated heterocycles. The lowest BCUT2D eigenvalue weighted by Crippen LogP contribution is -2.22. The van der Waals surface area contributed by atoms with Gasteiger partial charge in [-0.05, 0) is 19.3 Å². The Hall–Kier alpha value is -2.39. The van der Waals surface area contributed by atoms with Gasteiger partial charge in [0.05, 0.1) is 19.7 Å². The molecule has 0 aliphatic carbocycles. The quantitative estimate of drug-likeness (QED) is 0.236. The van der Waals surface area contributed by atoms with Gasteiger partial charge in [0, 0.05) is 6.42 Å². The predicted octanol–water partition coefficient (Wildman–Crippen LogP) is 0.466. The second kappa shape index (κ2) is 13.1. The van der Waals surface area contributed by atoms with Gasteiger partial charge in [-0.3, -0.25) is 0 Å². The van der Waals surface area contributed by atoms with E-state index in [9.17, 15) is 19.2 Å². The number of unbranched alkanes of at least 4 members (excludes halogenated alkanes) is 1. The summed E-state index contributed by atoms with van der Waals surface area (Å²) in [5.41, 5.74) is 0. The van der Waals surface area contributed by atoms with Gasteiger partial charge in [-0.2, -0.15) is 4.99 Å². The highest BCUT2D eigenvalue weighted by Crippen LogP contribution is 2.07. The van der Waals surface area contributed by atoms with Gasteiger partial charge in [-0.1, -0.05) is 0 Å². The van der Waals surface area contributed by atoms with Crippen molar-refractivity contribution in [2.24, 2.45) is 15.0 Å². The van der Waals surface area contributed by atoms with Crippen LogP contribution in [0.4, 0.5) is 0 Å². The van der Waals surface area contributed by atoms with Gasteiger partial charge >= 0.3 is 5.97 Å². The van der Waals surface area contributed by atoms with Crippen LogP contribution in [0, 0.1) is 0 Å². The Balaban J connectivity index is 4.02. The highest BCUT2D eigenvalue weighted by molar-refractivity contribution is 5.76. The third-order valence-corrected chi connectivity index (χ3v) is 2.27. The summed E-state index contributed by atoms with van der Waals surface area (Å²) in [4.78, 5) is 51.5. The van der Waals surface area contributed by atoms with Crippen molar-refractivity contribution >= 4 is 24.2 Å². The van der Waals surface area contributed by atoms with Crippen LogP contribution in [-0.4, -0.2) is 49.9 Å². The minimum absolute atomic E-state index is 0.0876. The van der Waals surface area contributed by atoms with Crippen LogP contribution >= 0.6 is 0 Å². The molecule has 0 amide bonds. The fourth-order valence-electron chi connectivity index (χ4n) is 1.33. The molecule has 0 aromatic rings. The molecule has 0 fully saturated rings. The van der Waals surface area contributed by atoms with Gasteiger partial charge in [0.25, 0.3) is 0 Å². The molecule has 0 rings (SSSR count). The van der Waals surface area contributed by atoms with Gasteiger partial charge in [0.1, 0.15) is 0 Å². The van der Waals surface area contributed by atoms with E-state index < -0.39 is 12.0 Å². The zero-order valence-corrected chi connectivity index (χ0v) is 10.9. The lowest BCUT2D eigenvalue weighted by molar-refractivity contribution is -0.145. The Morgan fingerprint density at radius 1 is 0.950 bits per heavy atom. The van der Waals surface area contributed by atoms with Gasteiger partial charge in [-0.25, -0.2) is 29.2 Å². The van der Waals surface area contributed by atoms with E-state index in [1.54, 1.807) is 0 Å². The predicted molar refractivity (Wildman–Crippen MR) is 67.3 cm³/mol. The fraction of sp³-hybridized carbons (Fsp3) is 0.667. The third kappa shape index (κ3) is 9.62. The molecule has 0 N–H and O–H groups in total. The maximum Gasteiger partial charge on any atom is 0.331 e. The van der Waals surface area contributed by atoms with Gasteiger partial charge in [0.15, 0.2) is 6.04 Å². The third-order valence-electron chi connectivity index (χ3n) is 2.27. The molecule has 20 heavy (non-hydrogen) atoms. The number of hydrogen-bond acceptors (Lipinski definition) is 8. The average molecular weight is 281 g/mol. The summed E-state index contributed by atoms with van der Waals surface area (Å²) >= 11 is 0. The van der Waals surface area contributed by atoms with Crippen molar-refractivity contribution < 1.29 is 23.9 Å². The summed E-state index contributed by atoms with van der Waals surface area (Å²) in [6.07, 6.45) is 5.97. The van der Waals surface area contributed by atoms with Crippen molar-refractivity contribution in [2.75, 3.05) is 19.7 Å². The van der Waals surface area contributed by atoms with E-state index in [-0.39, 0.29) is 13.2 Å². The van der Waals surface area contributed by atoms with Crippen LogP contribution in [0.3, 0.4) is 0 Å². The fourth-order valence-corrected chi connectivity index (χ4v) is 1.33. The summed E-state index contributed by atoms with van der Waals surface area (Å²) < 4.78 is 4.89.